The van der Waals surface area contributed by atoms with Crippen LogP contribution in [0.15, 0.2) is 18.2 Å². The zero-order valence-corrected chi connectivity index (χ0v) is 11.4. The Labute approximate surface area is 117 Å². The summed E-state index contributed by atoms with van der Waals surface area (Å²) in [5.74, 6) is -1.34. The Balaban J connectivity index is 2.21. The second-order valence-electron chi connectivity index (χ2n) is 5.18. The van der Waals surface area contributed by atoms with Crippen molar-refractivity contribution in [3.8, 4) is 5.75 Å². The summed E-state index contributed by atoms with van der Waals surface area (Å²) in [6.07, 6.45) is 5.05. The summed E-state index contributed by atoms with van der Waals surface area (Å²) in [6.45, 7) is 0.0752. The number of hydrogen-bond acceptors (Lipinski definition) is 3. The van der Waals surface area contributed by atoms with E-state index in [0.717, 1.165) is 38.2 Å². The zero-order chi connectivity index (χ0) is 14.5. The molecule has 1 aliphatic carbocycles. The van der Waals surface area contributed by atoms with Gasteiger partial charge in [0.25, 0.3) is 5.91 Å². The Morgan fingerprint density at radius 3 is 2.60 bits per heavy atom. The van der Waals surface area contributed by atoms with Gasteiger partial charge in [0.1, 0.15) is 11.6 Å². The molecule has 20 heavy (non-hydrogen) atoms. The van der Waals surface area contributed by atoms with E-state index in [0.29, 0.717) is 0 Å². The fraction of sp³-hybridized carbons (Fsp3) is 0.533. The largest absolute Gasteiger partial charge is 0.508 e. The lowest BCUT2D eigenvalue weighted by molar-refractivity contribution is 0.0580. The Kier molecular flexibility index (Phi) is 4.95. The third kappa shape index (κ3) is 3.28. The number of aliphatic hydroxyl groups excluding tert-OH is 1. The standard InChI is InChI=1S/C15H20FNO3/c16-14-10-12(19)6-7-13(14)15(20)17(8-9-18)11-4-2-1-3-5-11/h6-7,10-11,18-19H,1-5,8-9H2. The molecule has 1 amide bonds. The molecule has 0 atom stereocenters. The number of aromatic hydroxyl groups is 1. The van der Waals surface area contributed by atoms with Gasteiger partial charge in [-0.05, 0) is 25.0 Å². The SMILES string of the molecule is O=C(c1ccc(O)cc1F)N(CCO)C1CCCCC1. The van der Waals surface area contributed by atoms with Gasteiger partial charge in [-0.3, -0.25) is 4.79 Å². The molecule has 1 aromatic rings. The van der Waals surface area contributed by atoms with Crippen LogP contribution in [-0.2, 0) is 0 Å². The van der Waals surface area contributed by atoms with Crippen LogP contribution in [0.1, 0.15) is 42.5 Å². The highest BCUT2D eigenvalue weighted by atomic mass is 19.1. The average molecular weight is 281 g/mol. The molecule has 4 nitrogen and oxygen atoms in total. The minimum atomic E-state index is -0.728. The number of carbonyl (C=O) groups excluding carboxylic acids is 1. The van der Waals surface area contributed by atoms with Crippen LogP contribution in [0.2, 0.25) is 0 Å². The van der Waals surface area contributed by atoms with Crippen LogP contribution in [0.4, 0.5) is 4.39 Å². The Bertz CT molecular complexity index is 472. The van der Waals surface area contributed by atoms with Crippen molar-refractivity contribution in [1.82, 2.24) is 4.90 Å². The Morgan fingerprint density at radius 2 is 2.00 bits per heavy atom. The molecule has 0 aromatic heterocycles. The highest BCUT2D eigenvalue weighted by molar-refractivity contribution is 5.94. The van der Waals surface area contributed by atoms with Crippen LogP contribution in [-0.4, -0.2) is 40.2 Å². The fourth-order valence-electron chi connectivity index (χ4n) is 2.78. The molecule has 0 unspecified atom stereocenters. The molecule has 0 saturated heterocycles. The van der Waals surface area contributed by atoms with Crippen LogP contribution in [0, 0.1) is 5.82 Å². The number of carbonyl (C=O) groups is 1. The van der Waals surface area contributed by atoms with Gasteiger partial charge in [-0.2, -0.15) is 0 Å². The first-order valence-corrected chi connectivity index (χ1v) is 7.04. The molecule has 1 fully saturated rings. The monoisotopic (exact) mass is 281 g/mol. The first-order chi connectivity index (χ1) is 9.63. The Hall–Kier alpha value is -1.62. The first-order valence-electron chi connectivity index (χ1n) is 7.04. The second-order valence-corrected chi connectivity index (χ2v) is 5.18. The van der Waals surface area contributed by atoms with Crippen LogP contribution < -0.4 is 0 Å². The van der Waals surface area contributed by atoms with Gasteiger partial charge in [-0.1, -0.05) is 19.3 Å². The molecule has 1 saturated carbocycles. The van der Waals surface area contributed by atoms with Crippen molar-refractivity contribution in [3.05, 3.63) is 29.6 Å². The van der Waals surface area contributed by atoms with Gasteiger partial charge in [-0.15, -0.1) is 0 Å². The number of phenolic OH excluding ortho intramolecular Hbond substituents is 1. The van der Waals surface area contributed by atoms with Gasteiger partial charge in [0.05, 0.1) is 12.2 Å². The van der Waals surface area contributed by atoms with Crippen molar-refractivity contribution in [2.75, 3.05) is 13.2 Å². The number of halogens is 1. The summed E-state index contributed by atoms with van der Waals surface area (Å²) in [6, 6.07) is 3.59. The first kappa shape index (κ1) is 14.8. The van der Waals surface area contributed by atoms with Gasteiger partial charge >= 0.3 is 0 Å². The quantitative estimate of drug-likeness (QED) is 0.890. The predicted molar refractivity (Wildman–Crippen MR) is 73.1 cm³/mol. The van der Waals surface area contributed by atoms with Gasteiger partial charge in [0, 0.05) is 18.7 Å². The summed E-state index contributed by atoms with van der Waals surface area (Å²) in [5.41, 5.74) is -0.0539. The zero-order valence-electron chi connectivity index (χ0n) is 11.4. The number of hydrogen-bond donors (Lipinski definition) is 2. The number of phenols is 1. The minimum absolute atomic E-state index is 0.0539. The summed E-state index contributed by atoms with van der Waals surface area (Å²) in [4.78, 5) is 14.0. The Morgan fingerprint density at radius 1 is 1.30 bits per heavy atom. The molecule has 5 heteroatoms. The summed E-state index contributed by atoms with van der Waals surface area (Å²) >= 11 is 0. The smallest absolute Gasteiger partial charge is 0.257 e. The summed E-state index contributed by atoms with van der Waals surface area (Å²) in [7, 11) is 0. The number of benzene rings is 1. The van der Waals surface area contributed by atoms with E-state index in [-0.39, 0.29) is 30.5 Å². The molecular formula is C15H20FNO3. The van der Waals surface area contributed by atoms with Crippen molar-refractivity contribution in [2.45, 2.75) is 38.1 Å². The van der Waals surface area contributed by atoms with Crippen LogP contribution in [0.5, 0.6) is 5.75 Å². The summed E-state index contributed by atoms with van der Waals surface area (Å²) < 4.78 is 13.8. The highest BCUT2D eigenvalue weighted by Gasteiger charge is 2.27. The van der Waals surface area contributed by atoms with Crippen molar-refractivity contribution in [1.29, 1.82) is 0 Å². The van der Waals surface area contributed by atoms with Gasteiger partial charge in [0.2, 0.25) is 0 Å². The molecule has 2 N–H and O–H groups in total. The van der Waals surface area contributed by atoms with Crippen molar-refractivity contribution in [2.24, 2.45) is 0 Å². The maximum absolute atomic E-state index is 13.8. The molecule has 1 aliphatic rings. The fourth-order valence-corrected chi connectivity index (χ4v) is 2.78. The third-order valence-corrected chi connectivity index (χ3v) is 3.80. The average Bonchev–Trinajstić information content (AvgIpc) is 2.45. The van der Waals surface area contributed by atoms with E-state index in [1.54, 1.807) is 4.90 Å². The molecule has 2 rings (SSSR count). The van der Waals surface area contributed by atoms with E-state index >= 15 is 0 Å². The maximum Gasteiger partial charge on any atom is 0.257 e. The number of nitrogens with zero attached hydrogens (tertiary/aromatic N) is 1. The number of aliphatic hydroxyl groups is 1. The van der Waals surface area contributed by atoms with E-state index in [1.807, 2.05) is 0 Å². The lowest BCUT2D eigenvalue weighted by Crippen LogP contribution is -2.43. The maximum atomic E-state index is 13.8. The topological polar surface area (TPSA) is 60.8 Å². The predicted octanol–water partition coefficient (Wildman–Crippen LogP) is 2.30. The molecule has 0 bridgehead atoms. The van der Waals surface area contributed by atoms with Gasteiger partial charge < -0.3 is 15.1 Å². The molecule has 0 radical (unpaired) electrons. The number of amides is 1. The van der Waals surface area contributed by atoms with Crippen molar-refractivity contribution < 1.29 is 19.4 Å². The van der Waals surface area contributed by atoms with E-state index in [2.05, 4.69) is 0 Å². The molecule has 0 aliphatic heterocycles. The van der Waals surface area contributed by atoms with Gasteiger partial charge in [0.15, 0.2) is 0 Å². The van der Waals surface area contributed by atoms with Gasteiger partial charge in [-0.25, -0.2) is 4.39 Å². The number of rotatable bonds is 4. The third-order valence-electron chi connectivity index (χ3n) is 3.80. The van der Waals surface area contributed by atoms with E-state index in [9.17, 15) is 14.3 Å². The van der Waals surface area contributed by atoms with Crippen LogP contribution >= 0.6 is 0 Å². The van der Waals surface area contributed by atoms with E-state index in [1.165, 1.54) is 12.1 Å². The van der Waals surface area contributed by atoms with E-state index < -0.39 is 11.7 Å². The molecule has 1 aromatic carbocycles. The van der Waals surface area contributed by atoms with Crippen LogP contribution in [0.25, 0.3) is 0 Å². The normalized spacial score (nSPS) is 16.1. The highest BCUT2D eigenvalue weighted by Crippen LogP contribution is 2.25. The van der Waals surface area contributed by atoms with Crippen molar-refractivity contribution >= 4 is 5.91 Å². The van der Waals surface area contributed by atoms with Crippen LogP contribution in [0.3, 0.4) is 0 Å². The van der Waals surface area contributed by atoms with Crippen molar-refractivity contribution in [3.63, 3.8) is 0 Å². The lowest BCUT2D eigenvalue weighted by atomic mass is 9.93. The molecule has 110 valence electrons. The molecular weight excluding hydrogens is 261 g/mol. The lowest BCUT2D eigenvalue weighted by Gasteiger charge is -2.34. The summed E-state index contributed by atoms with van der Waals surface area (Å²) in [5, 5.41) is 18.4. The second kappa shape index (κ2) is 6.70. The molecule has 0 spiro atoms. The van der Waals surface area contributed by atoms with E-state index in [4.69, 9.17) is 5.11 Å². The molecule has 0 heterocycles. The minimum Gasteiger partial charge on any atom is -0.508 e.